The summed E-state index contributed by atoms with van der Waals surface area (Å²) in [6, 6.07) is 6.82. The number of anilines is 1. The van der Waals surface area contributed by atoms with Gasteiger partial charge in [0, 0.05) is 23.5 Å². The first-order chi connectivity index (χ1) is 22.3. The number of aryl methyl sites for hydroxylation is 1. The fourth-order valence-corrected chi connectivity index (χ4v) is 7.06. The standard InChI is InChI=1S/C35H45F3N6O2/c1-24-28-13-10-14-30(31(28)36)35(37,38)26-15-19-43(20-16-26)18-9-4-2-3-7-12-27(22-45)44-33-29(32(42-24)40-23-41-33)21-25(34(44)46)11-6-5-8-17-39/h10,13-14,21,23-24,26-27,45H,2-9,11-12,15-16,18-20,22H2,1H3,(H,40,41,42)/t24-,27?/m1/s1. The number of alkyl halides is 2. The molecule has 8 bridgehead atoms. The average Bonchev–Trinajstić information content (AvgIpc) is 3.05. The van der Waals surface area contributed by atoms with Crippen LogP contribution in [0.5, 0.6) is 0 Å². The van der Waals surface area contributed by atoms with Crippen LogP contribution in [-0.4, -0.2) is 50.8 Å². The third-order valence-corrected chi connectivity index (χ3v) is 9.78. The number of hydrogen-bond donors (Lipinski definition) is 2. The first-order valence-electron chi connectivity index (χ1n) is 16.8. The lowest BCUT2D eigenvalue weighted by molar-refractivity contribution is -0.0880. The maximum Gasteiger partial charge on any atom is 0.278 e. The summed E-state index contributed by atoms with van der Waals surface area (Å²) in [5.41, 5.74) is 0.151. The molecule has 1 aromatic carbocycles. The molecule has 0 radical (unpaired) electrons. The van der Waals surface area contributed by atoms with E-state index in [-0.39, 0.29) is 17.7 Å². The molecule has 46 heavy (non-hydrogen) atoms. The van der Waals surface area contributed by atoms with Crippen molar-refractivity contribution >= 4 is 16.9 Å². The second-order valence-corrected chi connectivity index (χ2v) is 12.9. The Hall–Kier alpha value is -3.49. The van der Waals surface area contributed by atoms with Crippen LogP contribution in [-0.2, 0) is 12.3 Å². The van der Waals surface area contributed by atoms with Gasteiger partial charge >= 0.3 is 0 Å². The van der Waals surface area contributed by atoms with Gasteiger partial charge in [-0.25, -0.2) is 23.1 Å². The monoisotopic (exact) mass is 638 g/mol. The van der Waals surface area contributed by atoms with E-state index in [0.29, 0.717) is 80.4 Å². The van der Waals surface area contributed by atoms with Gasteiger partial charge in [-0.3, -0.25) is 9.36 Å². The summed E-state index contributed by atoms with van der Waals surface area (Å²) in [6.07, 6.45) is 9.43. The molecule has 2 atom stereocenters. The van der Waals surface area contributed by atoms with Crippen LogP contribution in [0.4, 0.5) is 19.0 Å². The molecule has 0 amide bonds. The highest BCUT2D eigenvalue weighted by atomic mass is 19.3. The van der Waals surface area contributed by atoms with Crippen molar-refractivity contribution < 1.29 is 18.3 Å². The Kier molecular flexibility index (Phi) is 11.3. The van der Waals surface area contributed by atoms with Crippen molar-refractivity contribution in [1.82, 2.24) is 19.4 Å². The number of pyridine rings is 1. The van der Waals surface area contributed by atoms with Gasteiger partial charge in [-0.2, -0.15) is 5.26 Å². The zero-order valence-corrected chi connectivity index (χ0v) is 26.7. The van der Waals surface area contributed by atoms with Crippen LogP contribution in [0.25, 0.3) is 11.0 Å². The van der Waals surface area contributed by atoms with Gasteiger partial charge in [0.1, 0.15) is 23.6 Å². The molecular weight excluding hydrogens is 593 g/mol. The highest BCUT2D eigenvalue weighted by molar-refractivity contribution is 5.87. The maximum absolute atomic E-state index is 16.0. The van der Waals surface area contributed by atoms with E-state index in [1.807, 2.05) is 0 Å². The molecule has 1 fully saturated rings. The van der Waals surface area contributed by atoms with Crippen LogP contribution in [0, 0.1) is 23.1 Å². The molecule has 0 aliphatic carbocycles. The molecule has 8 nitrogen and oxygen atoms in total. The molecule has 0 spiro atoms. The van der Waals surface area contributed by atoms with Crippen molar-refractivity contribution in [2.24, 2.45) is 5.92 Å². The third-order valence-electron chi connectivity index (χ3n) is 9.78. The number of hydrogen-bond acceptors (Lipinski definition) is 7. The van der Waals surface area contributed by atoms with Crippen molar-refractivity contribution in [3.63, 3.8) is 0 Å². The molecular formula is C35H45F3N6O2. The van der Waals surface area contributed by atoms with Crippen LogP contribution in [0.15, 0.2) is 35.4 Å². The predicted molar refractivity (Wildman–Crippen MR) is 172 cm³/mol. The Labute approximate surface area is 268 Å². The number of aromatic nitrogens is 3. The fourth-order valence-electron chi connectivity index (χ4n) is 7.06. The van der Waals surface area contributed by atoms with E-state index < -0.39 is 35.3 Å². The van der Waals surface area contributed by atoms with E-state index in [0.717, 1.165) is 38.6 Å². The topological polar surface area (TPSA) is 107 Å². The Morgan fingerprint density at radius 3 is 2.59 bits per heavy atom. The number of fused-ring (bicyclic) bond motifs is 10. The molecule has 0 saturated carbocycles. The summed E-state index contributed by atoms with van der Waals surface area (Å²) in [5.74, 6) is -4.82. The number of nitriles is 1. The number of nitrogens with one attached hydrogen (secondary N) is 1. The SMILES string of the molecule is C[C@H]1Nc2ncnc3c2cc(CCCCC#N)c(=O)n3C(CO)CCCCCCCN2CCC(CC2)C(F)(F)c2cccc1c2F. The predicted octanol–water partition coefficient (Wildman–Crippen LogP) is 7.03. The first-order valence-corrected chi connectivity index (χ1v) is 16.8. The summed E-state index contributed by atoms with van der Waals surface area (Å²) < 4.78 is 49.3. The summed E-state index contributed by atoms with van der Waals surface area (Å²) in [4.78, 5) is 25.0. The van der Waals surface area contributed by atoms with Crippen LogP contribution in [0.3, 0.4) is 0 Å². The number of rotatable bonds is 5. The lowest BCUT2D eigenvalue weighted by Crippen LogP contribution is -2.40. The van der Waals surface area contributed by atoms with Crippen LogP contribution >= 0.6 is 0 Å². The number of unbranched alkanes of at least 4 members (excludes halogenated alkanes) is 2. The average molecular weight is 639 g/mol. The smallest absolute Gasteiger partial charge is 0.278 e. The van der Waals surface area contributed by atoms with Crippen molar-refractivity contribution in [2.75, 3.05) is 31.6 Å². The van der Waals surface area contributed by atoms with Crippen LogP contribution < -0.4 is 10.9 Å². The van der Waals surface area contributed by atoms with E-state index in [2.05, 4.69) is 26.3 Å². The van der Waals surface area contributed by atoms with Gasteiger partial charge in [0.2, 0.25) is 0 Å². The fraction of sp³-hybridized carbons (Fsp3) is 0.600. The summed E-state index contributed by atoms with van der Waals surface area (Å²) in [5, 5.41) is 23.2. The number of aliphatic hydroxyl groups is 1. The second kappa shape index (κ2) is 15.4. The normalized spacial score (nSPS) is 24.1. The van der Waals surface area contributed by atoms with Gasteiger partial charge in [0.05, 0.1) is 35.7 Å². The van der Waals surface area contributed by atoms with Gasteiger partial charge in [0.25, 0.3) is 11.5 Å². The number of benzene rings is 1. The number of halogens is 3. The molecule has 6 rings (SSSR count). The molecule has 3 aliphatic rings. The number of aliphatic hydroxyl groups excluding tert-OH is 1. The summed E-state index contributed by atoms with van der Waals surface area (Å²) in [7, 11) is 0. The minimum absolute atomic E-state index is 0.0989. The first kappa shape index (κ1) is 33.9. The van der Waals surface area contributed by atoms with E-state index in [1.54, 1.807) is 17.6 Å². The van der Waals surface area contributed by atoms with Crippen LogP contribution in [0.2, 0.25) is 0 Å². The lowest BCUT2D eigenvalue weighted by Gasteiger charge is -2.36. The molecule has 11 heteroatoms. The number of piperidine rings is 1. The minimum Gasteiger partial charge on any atom is -0.394 e. The highest BCUT2D eigenvalue weighted by Gasteiger charge is 2.45. The quantitative estimate of drug-likeness (QED) is 0.289. The molecule has 3 aliphatic heterocycles. The van der Waals surface area contributed by atoms with Crippen molar-refractivity contribution in [3.05, 3.63) is 63.5 Å². The molecule has 2 aromatic heterocycles. The Bertz CT molecular complexity index is 1580. The van der Waals surface area contributed by atoms with Crippen molar-refractivity contribution in [2.45, 2.75) is 102 Å². The van der Waals surface area contributed by atoms with Crippen molar-refractivity contribution in [3.8, 4) is 6.07 Å². The minimum atomic E-state index is -3.31. The Morgan fingerprint density at radius 2 is 1.83 bits per heavy atom. The number of nitrogens with zero attached hydrogens (tertiary/aromatic N) is 5. The van der Waals surface area contributed by atoms with E-state index in [1.165, 1.54) is 24.5 Å². The molecule has 1 unspecified atom stereocenters. The van der Waals surface area contributed by atoms with Gasteiger partial charge in [-0.1, -0.05) is 43.9 Å². The zero-order chi connectivity index (χ0) is 32.7. The Balaban J connectivity index is 1.57. The summed E-state index contributed by atoms with van der Waals surface area (Å²) in [6.45, 7) is 3.47. The zero-order valence-electron chi connectivity index (χ0n) is 26.7. The van der Waals surface area contributed by atoms with E-state index >= 15 is 13.2 Å². The molecule has 248 valence electrons. The largest absolute Gasteiger partial charge is 0.394 e. The van der Waals surface area contributed by atoms with Gasteiger partial charge in [-0.05, 0) is 77.6 Å². The molecule has 3 aromatic rings. The van der Waals surface area contributed by atoms with Gasteiger partial charge < -0.3 is 15.3 Å². The highest BCUT2D eigenvalue weighted by Crippen LogP contribution is 2.44. The lowest BCUT2D eigenvalue weighted by atomic mass is 9.85. The summed E-state index contributed by atoms with van der Waals surface area (Å²) >= 11 is 0. The van der Waals surface area contributed by atoms with Gasteiger partial charge in [-0.15, -0.1) is 0 Å². The van der Waals surface area contributed by atoms with E-state index in [9.17, 15) is 9.90 Å². The maximum atomic E-state index is 16.0. The third kappa shape index (κ3) is 7.39. The van der Waals surface area contributed by atoms with E-state index in [4.69, 9.17) is 5.26 Å². The molecule has 2 N–H and O–H groups in total. The van der Waals surface area contributed by atoms with Crippen LogP contribution in [0.1, 0.15) is 106 Å². The second-order valence-electron chi connectivity index (χ2n) is 12.9. The van der Waals surface area contributed by atoms with Crippen molar-refractivity contribution in [1.29, 1.82) is 5.26 Å². The molecule has 1 saturated heterocycles. The van der Waals surface area contributed by atoms with Gasteiger partial charge in [0.15, 0.2) is 0 Å². The molecule has 5 heterocycles. The Morgan fingerprint density at radius 1 is 1.07 bits per heavy atom.